The van der Waals surface area contributed by atoms with Crippen molar-refractivity contribution in [3.63, 3.8) is 0 Å². The van der Waals surface area contributed by atoms with E-state index in [4.69, 9.17) is 0 Å². The second-order valence-electron chi connectivity index (χ2n) is 7.17. The Morgan fingerprint density at radius 1 is 1.05 bits per heavy atom. The first-order valence-electron chi connectivity index (χ1n) is 8.39. The fourth-order valence-corrected chi connectivity index (χ4v) is 3.59. The number of hydrogen-bond acceptors (Lipinski definition) is 1. The van der Waals surface area contributed by atoms with E-state index in [1.807, 2.05) is 0 Å². The molecule has 1 heteroatoms. The Balaban J connectivity index is 1.70. The Morgan fingerprint density at radius 3 is 2.30 bits per heavy atom. The molecule has 0 aliphatic carbocycles. The van der Waals surface area contributed by atoms with Gasteiger partial charge in [0.25, 0.3) is 0 Å². The molecule has 112 valence electrons. The average Bonchev–Trinajstić information content (AvgIpc) is 2.41. The molecule has 20 heavy (non-hydrogen) atoms. The largest absolute Gasteiger partial charge is 0.303 e. The molecular weight excluding hydrogens is 242 g/mol. The average molecular weight is 273 g/mol. The lowest BCUT2D eigenvalue weighted by molar-refractivity contribution is 0.153. The van der Waals surface area contributed by atoms with Crippen molar-refractivity contribution in [3.05, 3.63) is 35.9 Å². The van der Waals surface area contributed by atoms with E-state index in [0.29, 0.717) is 0 Å². The van der Waals surface area contributed by atoms with E-state index < -0.39 is 0 Å². The van der Waals surface area contributed by atoms with Crippen molar-refractivity contribution in [3.8, 4) is 0 Å². The third kappa shape index (κ3) is 5.28. The highest BCUT2D eigenvalue weighted by atomic mass is 15.1. The van der Waals surface area contributed by atoms with Gasteiger partial charge in [0.05, 0.1) is 0 Å². The molecule has 2 rings (SSSR count). The van der Waals surface area contributed by atoms with Crippen LogP contribution >= 0.6 is 0 Å². The minimum Gasteiger partial charge on any atom is -0.303 e. The monoisotopic (exact) mass is 273 g/mol. The molecule has 0 bridgehead atoms. The number of hydrogen-bond donors (Lipinski definition) is 0. The van der Waals surface area contributed by atoms with Crippen LogP contribution in [0.1, 0.15) is 45.6 Å². The van der Waals surface area contributed by atoms with E-state index in [0.717, 1.165) is 17.8 Å². The van der Waals surface area contributed by atoms with Crippen LogP contribution in [0.2, 0.25) is 0 Å². The molecule has 1 atom stereocenters. The molecule has 1 aliphatic heterocycles. The summed E-state index contributed by atoms with van der Waals surface area (Å²) < 4.78 is 0. The quantitative estimate of drug-likeness (QED) is 0.731. The lowest BCUT2D eigenvalue weighted by Gasteiger charge is -2.34. The molecule has 0 spiro atoms. The maximum absolute atomic E-state index is 2.68. The maximum Gasteiger partial charge on any atom is 0.00102 e. The zero-order valence-corrected chi connectivity index (χ0v) is 13.5. The molecule has 1 aromatic carbocycles. The minimum absolute atomic E-state index is 0.763. The van der Waals surface area contributed by atoms with Crippen LogP contribution < -0.4 is 0 Å². The number of likely N-dealkylation sites (tertiary alicyclic amines) is 1. The van der Waals surface area contributed by atoms with Gasteiger partial charge in [0, 0.05) is 6.54 Å². The molecule has 1 aromatic rings. The van der Waals surface area contributed by atoms with Gasteiger partial charge >= 0.3 is 0 Å². The predicted molar refractivity (Wildman–Crippen MR) is 87.9 cm³/mol. The molecule has 0 amide bonds. The van der Waals surface area contributed by atoms with Crippen molar-refractivity contribution in [2.24, 2.45) is 17.8 Å². The van der Waals surface area contributed by atoms with Crippen LogP contribution in [0.5, 0.6) is 0 Å². The first-order valence-corrected chi connectivity index (χ1v) is 8.39. The van der Waals surface area contributed by atoms with E-state index >= 15 is 0 Å². The number of benzene rings is 1. The Kier molecular flexibility index (Phi) is 6.09. The Bertz CT molecular complexity index is 363. The highest BCUT2D eigenvalue weighted by Gasteiger charge is 2.21. The third-order valence-electron chi connectivity index (χ3n) is 4.51. The van der Waals surface area contributed by atoms with Crippen molar-refractivity contribution in [2.45, 2.75) is 46.5 Å². The normalized spacial score (nSPS) is 19.4. The Hall–Kier alpha value is -0.820. The summed E-state index contributed by atoms with van der Waals surface area (Å²) in [5, 5.41) is 0. The predicted octanol–water partition coefficient (Wildman–Crippen LogP) is 4.62. The molecule has 1 aliphatic rings. The van der Waals surface area contributed by atoms with Gasteiger partial charge in [-0.25, -0.2) is 0 Å². The van der Waals surface area contributed by atoms with Crippen LogP contribution in [0.4, 0.5) is 0 Å². The van der Waals surface area contributed by atoms with Crippen LogP contribution in [0, 0.1) is 17.8 Å². The summed E-state index contributed by atoms with van der Waals surface area (Å²) in [6.07, 6.45) is 5.46. The zero-order chi connectivity index (χ0) is 14.4. The summed E-state index contributed by atoms with van der Waals surface area (Å²) in [5.74, 6) is 2.61. The molecule has 1 heterocycles. The van der Waals surface area contributed by atoms with Crippen molar-refractivity contribution in [1.82, 2.24) is 4.90 Å². The van der Waals surface area contributed by atoms with Crippen molar-refractivity contribution >= 4 is 0 Å². The zero-order valence-electron chi connectivity index (χ0n) is 13.5. The van der Waals surface area contributed by atoms with Crippen LogP contribution in [0.25, 0.3) is 0 Å². The molecule has 1 saturated heterocycles. The van der Waals surface area contributed by atoms with E-state index in [1.165, 1.54) is 50.9 Å². The van der Waals surface area contributed by atoms with Crippen LogP contribution in [-0.2, 0) is 6.42 Å². The summed E-state index contributed by atoms with van der Waals surface area (Å²) >= 11 is 0. The molecule has 1 fully saturated rings. The van der Waals surface area contributed by atoms with Gasteiger partial charge in [-0.1, -0.05) is 51.1 Å². The van der Waals surface area contributed by atoms with Crippen LogP contribution in [-0.4, -0.2) is 24.5 Å². The maximum atomic E-state index is 2.68. The number of nitrogens with zero attached hydrogens (tertiary/aromatic N) is 1. The number of rotatable bonds is 6. The van der Waals surface area contributed by atoms with Crippen LogP contribution in [0.3, 0.4) is 0 Å². The summed E-state index contributed by atoms with van der Waals surface area (Å²) in [6, 6.07) is 10.9. The standard InChI is InChI=1S/C19H31N/c1-16(2)13-19-9-11-20(12-10-19)15-17(3)14-18-7-5-4-6-8-18/h4-8,16-17,19H,9-15H2,1-3H3. The van der Waals surface area contributed by atoms with E-state index in [2.05, 4.69) is 56.0 Å². The number of piperidine rings is 1. The smallest absolute Gasteiger partial charge is 0.00102 e. The second-order valence-corrected chi connectivity index (χ2v) is 7.17. The lowest BCUT2D eigenvalue weighted by Crippen LogP contribution is -2.37. The summed E-state index contributed by atoms with van der Waals surface area (Å²) in [4.78, 5) is 2.68. The summed E-state index contributed by atoms with van der Waals surface area (Å²) in [6.45, 7) is 11.0. The molecule has 0 saturated carbocycles. The topological polar surface area (TPSA) is 3.24 Å². The molecule has 0 radical (unpaired) electrons. The van der Waals surface area contributed by atoms with Crippen molar-refractivity contribution in [2.75, 3.05) is 19.6 Å². The minimum atomic E-state index is 0.763. The Labute approximate surface area is 125 Å². The van der Waals surface area contributed by atoms with Gasteiger partial charge in [0.15, 0.2) is 0 Å². The summed E-state index contributed by atoms with van der Waals surface area (Å²) in [7, 11) is 0. The molecule has 0 N–H and O–H groups in total. The fraction of sp³-hybridized carbons (Fsp3) is 0.684. The molecule has 1 unspecified atom stereocenters. The Morgan fingerprint density at radius 2 is 1.70 bits per heavy atom. The second kappa shape index (κ2) is 7.83. The SMILES string of the molecule is CC(C)CC1CCN(CC(C)Cc2ccccc2)CC1. The summed E-state index contributed by atoms with van der Waals surface area (Å²) in [5.41, 5.74) is 1.48. The lowest BCUT2D eigenvalue weighted by atomic mass is 9.88. The van der Waals surface area contributed by atoms with Crippen LogP contribution in [0.15, 0.2) is 30.3 Å². The van der Waals surface area contributed by atoms with Gasteiger partial charge in [0.2, 0.25) is 0 Å². The van der Waals surface area contributed by atoms with Gasteiger partial charge in [-0.3, -0.25) is 0 Å². The van der Waals surface area contributed by atoms with Gasteiger partial charge in [0.1, 0.15) is 0 Å². The first kappa shape index (κ1) is 15.6. The highest BCUT2D eigenvalue weighted by molar-refractivity contribution is 5.15. The molecule has 1 nitrogen and oxygen atoms in total. The van der Waals surface area contributed by atoms with Gasteiger partial charge in [-0.05, 0) is 62.1 Å². The van der Waals surface area contributed by atoms with Gasteiger partial charge in [-0.2, -0.15) is 0 Å². The first-order chi connectivity index (χ1) is 9.63. The van der Waals surface area contributed by atoms with Gasteiger partial charge in [-0.15, -0.1) is 0 Å². The third-order valence-corrected chi connectivity index (χ3v) is 4.51. The van der Waals surface area contributed by atoms with Crippen molar-refractivity contribution < 1.29 is 0 Å². The highest BCUT2D eigenvalue weighted by Crippen LogP contribution is 2.24. The molecular formula is C19H31N. The fourth-order valence-electron chi connectivity index (χ4n) is 3.59. The van der Waals surface area contributed by atoms with E-state index in [-0.39, 0.29) is 0 Å². The molecule has 0 aromatic heterocycles. The van der Waals surface area contributed by atoms with Crippen molar-refractivity contribution in [1.29, 1.82) is 0 Å². The van der Waals surface area contributed by atoms with E-state index in [1.54, 1.807) is 0 Å². The van der Waals surface area contributed by atoms with E-state index in [9.17, 15) is 0 Å². The van der Waals surface area contributed by atoms with Gasteiger partial charge < -0.3 is 4.90 Å².